The first-order chi connectivity index (χ1) is 7.42. The van der Waals surface area contributed by atoms with E-state index < -0.39 is 25.8 Å². The molecule has 0 amide bonds. The molecule has 0 unspecified atom stereocenters. The van der Waals surface area contributed by atoms with Crippen molar-refractivity contribution >= 4 is 0 Å². The van der Waals surface area contributed by atoms with Gasteiger partial charge in [0, 0.05) is 0 Å². The highest BCUT2D eigenvalue weighted by Crippen LogP contribution is 2.13. The van der Waals surface area contributed by atoms with E-state index in [1.54, 1.807) is 0 Å². The first-order valence-electron chi connectivity index (χ1n) is 4.50. The molecule has 0 N–H and O–H groups in total. The Morgan fingerprint density at radius 2 is 1.31 bits per heavy atom. The number of alkyl halides is 5. The molecule has 0 bridgehead atoms. The van der Waals surface area contributed by atoms with Crippen LogP contribution in [0.2, 0.25) is 0 Å². The van der Waals surface area contributed by atoms with Gasteiger partial charge in [0.15, 0.2) is 0 Å². The largest absolute Gasteiger partial charge is 0.411 e. The van der Waals surface area contributed by atoms with Crippen LogP contribution < -0.4 is 0 Å². The molecule has 0 aromatic rings. The molecule has 0 aliphatic rings. The highest BCUT2D eigenvalue weighted by molar-refractivity contribution is 4.45. The Morgan fingerprint density at radius 1 is 0.812 bits per heavy atom. The van der Waals surface area contributed by atoms with Crippen LogP contribution in [-0.2, 0) is 14.2 Å². The third-order valence-corrected chi connectivity index (χ3v) is 1.25. The number of rotatable bonds is 9. The summed E-state index contributed by atoms with van der Waals surface area (Å²) in [6.07, 6.45) is -6.88. The van der Waals surface area contributed by atoms with Gasteiger partial charge in [-0.05, 0) is 0 Å². The molecular formula is C8H13F5O3. The monoisotopic (exact) mass is 252 g/mol. The predicted octanol–water partition coefficient (Wildman–Crippen LogP) is 1.86. The second-order valence-corrected chi connectivity index (χ2v) is 2.75. The second-order valence-electron chi connectivity index (χ2n) is 2.75. The summed E-state index contributed by atoms with van der Waals surface area (Å²) in [5, 5.41) is 0. The minimum atomic E-state index is -4.35. The second kappa shape index (κ2) is 8.66. The molecule has 3 nitrogen and oxygen atoms in total. The third kappa shape index (κ3) is 13.5. The maximum Gasteiger partial charge on any atom is 0.411 e. The van der Waals surface area contributed by atoms with Gasteiger partial charge < -0.3 is 14.2 Å². The normalized spacial score (nSPS) is 12.4. The fraction of sp³-hybridized carbons (Fsp3) is 1.00. The van der Waals surface area contributed by atoms with E-state index in [1.807, 2.05) is 0 Å². The average Bonchev–Trinajstić information content (AvgIpc) is 2.13. The summed E-state index contributed by atoms with van der Waals surface area (Å²) in [6.45, 7) is -2.21. The van der Waals surface area contributed by atoms with E-state index >= 15 is 0 Å². The molecule has 0 radical (unpaired) electrons. The summed E-state index contributed by atoms with van der Waals surface area (Å²) in [6, 6.07) is 0. The van der Waals surface area contributed by atoms with Crippen LogP contribution >= 0.6 is 0 Å². The van der Waals surface area contributed by atoms with E-state index in [0.29, 0.717) is 0 Å². The van der Waals surface area contributed by atoms with E-state index in [2.05, 4.69) is 9.47 Å². The van der Waals surface area contributed by atoms with Crippen LogP contribution in [0, 0.1) is 0 Å². The highest BCUT2D eigenvalue weighted by atomic mass is 19.4. The fourth-order valence-corrected chi connectivity index (χ4v) is 0.698. The zero-order valence-electron chi connectivity index (χ0n) is 8.43. The highest BCUT2D eigenvalue weighted by Gasteiger charge is 2.27. The summed E-state index contributed by atoms with van der Waals surface area (Å²) in [7, 11) is 0. The van der Waals surface area contributed by atoms with Gasteiger partial charge in [-0.1, -0.05) is 0 Å². The minimum Gasteiger partial charge on any atom is -0.377 e. The predicted molar refractivity (Wildman–Crippen MR) is 44.5 cm³/mol. The van der Waals surface area contributed by atoms with Gasteiger partial charge in [-0.2, -0.15) is 13.2 Å². The zero-order valence-corrected chi connectivity index (χ0v) is 8.43. The SMILES string of the molecule is FC(F)COCCOCCOCC(F)(F)F. The molecule has 0 saturated heterocycles. The van der Waals surface area contributed by atoms with Crippen molar-refractivity contribution in [2.45, 2.75) is 12.6 Å². The molecule has 0 saturated carbocycles. The molecule has 16 heavy (non-hydrogen) atoms. The van der Waals surface area contributed by atoms with Gasteiger partial charge in [0.05, 0.1) is 26.4 Å². The molecule has 98 valence electrons. The lowest BCUT2D eigenvalue weighted by atomic mass is 10.6. The van der Waals surface area contributed by atoms with Crippen molar-refractivity contribution in [2.75, 3.05) is 39.6 Å². The van der Waals surface area contributed by atoms with Gasteiger partial charge in [0.2, 0.25) is 0 Å². The first-order valence-corrected chi connectivity index (χ1v) is 4.50. The molecule has 0 aliphatic carbocycles. The van der Waals surface area contributed by atoms with Crippen molar-refractivity contribution in [1.29, 1.82) is 0 Å². The molecule has 0 heterocycles. The van der Waals surface area contributed by atoms with Gasteiger partial charge >= 0.3 is 6.18 Å². The Morgan fingerprint density at radius 3 is 1.81 bits per heavy atom. The molecular weight excluding hydrogens is 239 g/mol. The van der Waals surface area contributed by atoms with Gasteiger partial charge in [-0.3, -0.25) is 0 Å². The molecule has 8 heteroatoms. The number of hydrogen-bond donors (Lipinski definition) is 0. The zero-order chi connectivity index (χ0) is 12.4. The lowest BCUT2D eigenvalue weighted by Crippen LogP contribution is -2.19. The lowest BCUT2D eigenvalue weighted by molar-refractivity contribution is -0.176. The lowest BCUT2D eigenvalue weighted by Gasteiger charge is -2.08. The Labute approximate surface area is 89.5 Å². The Kier molecular flexibility index (Phi) is 8.40. The summed E-state index contributed by atoms with van der Waals surface area (Å²) in [5.41, 5.74) is 0. The summed E-state index contributed by atoms with van der Waals surface area (Å²) < 4.78 is 71.2. The van der Waals surface area contributed by atoms with Crippen molar-refractivity contribution in [3.63, 3.8) is 0 Å². The Balaban J connectivity index is 3.05. The number of ether oxygens (including phenoxy) is 3. The van der Waals surface area contributed by atoms with Gasteiger partial charge in [-0.15, -0.1) is 0 Å². The van der Waals surface area contributed by atoms with Crippen LogP contribution in [0.5, 0.6) is 0 Å². The van der Waals surface area contributed by atoms with Gasteiger partial charge in [-0.25, -0.2) is 8.78 Å². The molecule has 0 rings (SSSR count). The number of hydrogen-bond acceptors (Lipinski definition) is 3. The minimum absolute atomic E-state index is 0.0242. The molecule has 0 aromatic heterocycles. The van der Waals surface area contributed by atoms with Crippen molar-refractivity contribution in [3.05, 3.63) is 0 Å². The van der Waals surface area contributed by atoms with Crippen LogP contribution in [0.1, 0.15) is 0 Å². The average molecular weight is 252 g/mol. The van der Waals surface area contributed by atoms with Crippen LogP contribution in [0.4, 0.5) is 22.0 Å². The third-order valence-electron chi connectivity index (χ3n) is 1.25. The van der Waals surface area contributed by atoms with Crippen LogP contribution in [0.25, 0.3) is 0 Å². The van der Waals surface area contributed by atoms with Crippen molar-refractivity contribution < 1.29 is 36.2 Å². The van der Waals surface area contributed by atoms with E-state index in [4.69, 9.17) is 4.74 Å². The van der Waals surface area contributed by atoms with Gasteiger partial charge in [0.1, 0.15) is 13.2 Å². The maximum absolute atomic E-state index is 11.6. The molecule has 0 aliphatic heterocycles. The molecule has 0 fully saturated rings. The Hall–Kier alpha value is -0.470. The summed E-state index contributed by atoms with van der Waals surface area (Å²) in [5.74, 6) is 0. The van der Waals surface area contributed by atoms with Crippen LogP contribution in [0.3, 0.4) is 0 Å². The summed E-state index contributed by atoms with van der Waals surface area (Å²) >= 11 is 0. The van der Waals surface area contributed by atoms with Crippen molar-refractivity contribution in [2.24, 2.45) is 0 Å². The molecule has 0 atom stereocenters. The summed E-state index contributed by atoms with van der Waals surface area (Å²) in [4.78, 5) is 0. The van der Waals surface area contributed by atoms with Crippen LogP contribution in [0.15, 0.2) is 0 Å². The Bertz CT molecular complexity index is 162. The quantitative estimate of drug-likeness (QED) is 0.463. The number of halogens is 5. The van der Waals surface area contributed by atoms with Crippen molar-refractivity contribution in [1.82, 2.24) is 0 Å². The van der Waals surface area contributed by atoms with E-state index in [0.717, 1.165) is 0 Å². The van der Waals surface area contributed by atoms with E-state index in [9.17, 15) is 22.0 Å². The standard InChI is InChI=1S/C8H13F5O3/c9-7(10)5-15-3-1-14-2-4-16-6-8(11,12)13/h7H,1-6H2. The molecule has 0 aromatic carbocycles. The topological polar surface area (TPSA) is 27.7 Å². The van der Waals surface area contributed by atoms with Crippen LogP contribution in [-0.4, -0.2) is 52.2 Å². The van der Waals surface area contributed by atoms with E-state index in [-0.39, 0.29) is 26.4 Å². The van der Waals surface area contributed by atoms with Gasteiger partial charge in [0.25, 0.3) is 6.43 Å². The smallest absolute Gasteiger partial charge is 0.377 e. The first kappa shape index (κ1) is 15.5. The van der Waals surface area contributed by atoms with E-state index in [1.165, 1.54) is 0 Å². The maximum atomic E-state index is 11.6. The fourth-order valence-electron chi connectivity index (χ4n) is 0.698. The molecule has 0 spiro atoms. The van der Waals surface area contributed by atoms with Crippen molar-refractivity contribution in [3.8, 4) is 0 Å².